The van der Waals surface area contributed by atoms with Crippen LogP contribution in [0, 0.1) is 6.92 Å². The predicted octanol–water partition coefficient (Wildman–Crippen LogP) is 1.38. The van der Waals surface area contributed by atoms with Crippen LogP contribution in [0.1, 0.15) is 39.1 Å². The summed E-state index contributed by atoms with van der Waals surface area (Å²) in [5.74, 6) is 0.756. The van der Waals surface area contributed by atoms with Crippen LogP contribution in [0.4, 0.5) is 0 Å². The van der Waals surface area contributed by atoms with Gasteiger partial charge in [-0.1, -0.05) is 5.16 Å². The highest BCUT2D eigenvalue weighted by atomic mass is 16.5. The Kier molecular flexibility index (Phi) is 4.28. The van der Waals surface area contributed by atoms with Crippen molar-refractivity contribution in [2.24, 2.45) is 0 Å². The number of nitrogens with one attached hydrogen (secondary N) is 2. The van der Waals surface area contributed by atoms with Gasteiger partial charge in [0.2, 0.25) is 5.91 Å². The maximum Gasteiger partial charge on any atom is 0.237 e. The Balaban J connectivity index is 2.39. The van der Waals surface area contributed by atoms with Gasteiger partial charge in [-0.15, -0.1) is 0 Å². The van der Waals surface area contributed by atoms with Crippen LogP contribution in [0.15, 0.2) is 10.6 Å². The number of aryl methyl sites for hydroxylation is 1. The maximum atomic E-state index is 11.8. The highest BCUT2D eigenvalue weighted by Gasteiger charge is 2.18. The Bertz CT molecular complexity index is 379. The van der Waals surface area contributed by atoms with Crippen molar-refractivity contribution in [3.63, 3.8) is 0 Å². The molecule has 0 bridgehead atoms. The summed E-state index contributed by atoms with van der Waals surface area (Å²) in [4.78, 5) is 11.8. The Morgan fingerprint density at radius 3 is 2.65 bits per heavy atom. The number of hydrogen-bond donors (Lipinski definition) is 2. The van der Waals surface area contributed by atoms with Crippen molar-refractivity contribution in [3.8, 4) is 0 Å². The van der Waals surface area contributed by atoms with Crippen LogP contribution in [-0.2, 0) is 11.3 Å². The Labute approximate surface area is 102 Å². The third kappa shape index (κ3) is 4.99. The summed E-state index contributed by atoms with van der Waals surface area (Å²) in [5.41, 5.74) is 0.593. The van der Waals surface area contributed by atoms with E-state index in [-0.39, 0.29) is 17.5 Å². The lowest BCUT2D eigenvalue weighted by atomic mass is 10.1. The van der Waals surface area contributed by atoms with E-state index in [0.29, 0.717) is 6.54 Å². The molecule has 0 saturated carbocycles. The van der Waals surface area contributed by atoms with E-state index in [9.17, 15) is 4.79 Å². The van der Waals surface area contributed by atoms with Crippen LogP contribution in [0.5, 0.6) is 0 Å². The lowest BCUT2D eigenvalue weighted by Gasteiger charge is -2.23. The highest BCUT2D eigenvalue weighted by molar-refractivity contribution is 5.81. The van der Waals surface area contributed by atoms with Crippen molar-refractivity contribution in [1.29, 1.82) is 0 Å². The first-order valence-corrected chi connectivity index (χ1v) is 5.75. The van der Waals surface area contributed by atoms with E-state index in [1.165, 1.54) is 0 Å². The molecule has 0 radical (unpaired) electrons. The fourth-order valence-corrected chi connectivity index (χ4v) is 1.33. The number of nitrogens with zero attached hydrogens (tertiary/aromatic N) is 1. The van der Waals surface area contributed by atoms with Crippen LogP contribution >= 0.6 is 0 Å². The zero-order valence-electron chi connectivity index (χ0n) is 11.1. The van der Waals surface area contributed by atoms with E-state index < -0.39 is 0 Å². The molecular formula is C12H21N3O2. The number of carbonyl (C=O) groups is 1. The number of carbonyl (C=O) groups excluding carboxylic acids is 1. The fourth-order valence-electron chi connectivity index (χ4n) is 1.33. The first kappa shape index (κ1) is 13.7. The van der Waals surface area contributed by atoms with Gasteiger partial charge in [-0.25, -0.2) is 0 Å². The second kappa shape index (κ2) is 5.31. The Morgan fingerprint density at radius 1 is 1.53 bits per heavy atom. The Morgan fingerprint density at radius 2 is 2.18 bits per heavy atom. The minimum Gasteiger partial charge on any atom is -0.361 e. The first-order valence-electron chi connectivity index (χ1n) is 5.75. The van der Waals surface area contributed by atoms with E-state index in [1.807, 2.05) is 40.7 Å². The highest BCUT2D eigenvalue weighted by Crippen LogP contribution is 2.02. The van der Waals surface area contributed by atoms with Crippen molar-refractivity contribution in [2.45, 2.75) is 52.7 Å². The molecule has 17 heavy (non-hydrogen) atoms. The molecule has 0 aromatic carbocycles. The quantitative estimate of drug-likeness (QED) is 0.833. The standard InChI is InChI=1S/C12H21N3O2/c1-8-6-10(15-17-8)7-13-9(2)11(16)14-12(3,4)5/h6,9,13H,7H2,1-5H3,(H,14,16). The summed E-state index contributed by atoms with van der Waals surface area (Å²) in [6.45, 7) is 10.1. The second-order valence-corrected chi connectivity index (χ2v) is 5.27. The minimum atomic E-state index is -0.258. The van der Waals surface area contributed by atoms with E-state index in [0.717, 1.165) is 11.5 Å². The number of hydrogen-bond acceptors (Lipinski definition) is 4. The van der Waals surface area contributed by atoms with Gasteiger partial charge in [0.05, 0.1) is 11.7 Å². The van der Waals surface area contributed by atoms with E-state index in [2.05, 4.69) is 15.8 Å². The molecule has 1 heterocycles. The zero-order valence-corrected chi connectivity index (χ0v) is 11.1. The average Bonchev–Trinajstić information content (AvgIpc) is 2.58. The summed E-state index contributed by atoms with van der Waals surface area (Å²) in [5, 5.41) is 9.87. The van der Waals surface area contributed by atoms with Crippen molar-refractivity contribution in [2.75, 3.05) is 0 Å². The average molecular weight is 239 g/mol. The molecule has 5 heteroatoms. The van der Waals surface area contributed by atoms with Gasteiger partial charge in [0.15, 0.2) is 0 Å². The molecule has 1 aromatic heterocycles. The van der Waals surface area contributed by atoms with Gasteiger partial charge in [-0.05, 0) is 34.6 Å². The summed E-state index contributed by atoms with van der Waals surface area (Å²) >= 11 is 0. The molecule has 2 N–H and O–H groups in total. The topological polar surface area (TPSA) is 67.2 Å². The molecule has 1 unspecified atom stereocenters. The van der Waals surface area contributed by atoms with E-state index >= 15 is 0 Å². The molecule has 1 aromatic rings. The summed E-state index contributed by atoms with van der Waals surface area (Å²) in [6.07, 6.45) is 0. The summed E-state index contributed by atoms with van der Waals surface area (Å²) in [6, 6.07) is 1.59. The van der Waals surface area contributed by atoms with Crippen molar-refractivity contribution in [1.82, 2.24) is 15.8 Å². The van der Waals surface area contributed by atoms with Crippen molar-refractivity contribution in [3.05, 3.63) is 17.5 Å². The summed E-state index contributed by atoms with van der Waals surface area (Å²) in [7, 11) is 0. The van der Waals surface area contributed by atoms with E-state index in [1.54, 1.807) is 0 Å². The van der Waals surface area contributed by atoms with Gasteiger partial charge in [0.25, 0.3) is 0 Å². The zero-order chi connectivity index (χ0) is 13.1. The molecule has 0 spiro atoms. The third-order valence-electron chi connectivity index (χ3n) is 2.16. The molecule has 0 aliphatic rings. The normalized spacial score (nSPS) is 13.5. The van der Waals surface area contributed by atoms with Crippen molar-refractivity contribution >= 4 is 5.91 Å². The minimum absolute atomic E-state index is 0.0160. The van der Waals surface area contributed by atoms with Crippen LogP contribution in [0.2, 0.25) is 0 Å². The molecular weight excluding hydrogens is 218 g/mol. The second-order valence-electron chi connectivity index (χ2n) is 5.27. The largest absolute Gasteiger partial charge is 0.361 e. The van der Waals surface area contributed by atoms with Gasteiger partial charge < -0.3 is 15.2 Å². The molecule has 0 fully saturated rings. The van der Waals surface area contributed by atoms with Gasteiger partial charge in [-0.3, -0.25) is 4.79 Å². The predicted molar refractivity (Wildman–Crippen MR) is 65.4 cm³/mol. The summed E-state index contributed by atoms with van der Waals surface area (Å²) < 4.78 is 4.95. The van der Waals surface area contributed by atoms with Crippen LogP contribution in [-0.4, -0.2) is 22.6 Å². The lowest BCUT2D eigenvalue weighted by molar-refractivity contribution is -0.124. The molecule has 1 amide bonds. The maximum absolute atomic E-state index is 11.8. The molecule has 1 atom stereocenters. The lowest BCUT2D eigenvalue weighted by Crippen LogP contribution is -2.49. The first-order chi connectivity index (χ1) is 7.78. The van der Waals surface area contributed by atoms with Gasteiger partial charge in [0, 0.05) is 18.2 Å². The van der Waals surface area contributed by atoms with Gasteiger partial charge in [0.1, 0.15) is 5.76 Å². The monoisotopic (exact) mass is 239 g/mol. The molecule has 96 valence electrons. The van der Waals surface area contributed by atoms with Crippen molar-refractivity contribution < 1.29 is 9.32 Å². The number of amides is 1. The molecule has 0 saturated heterocycles. The molecule has 0 aliphatic heterocycles. The van der Waals surface area contributed by atoms with E-state index in [4.69, 9.17) is 4.52 Å². The SMILES string of the molecule is Cc1cc(CNC(C)C(=O)NC(C)(C)C)no1. The number of rotatable bonds is 4. The number of aromatic nitrogens is 1. The third-order valence-corrected chi connectivity index (χ3v) is 2.16. The van der Waals surface area contributed by atoms with Crippen LogP contribution < -0.4 is 10.6 Å². The molecule has 0 aliphatic carbocycles. The molecule has 5 nitrogen and oxygen atoms in total. The fraction of sp³-hybridized carbons (Fsp3) is 0.667. The Hall–Kier alpha value is -1.36. The van der Waals surface area contributed by atoms with Crippen LogP contribution in [0.3, 0.4) is 0 Å². The molecule has 1 rings (SSSR count). The smallest absolute Gasteiger partial charge is 0.237 e. The van der Waals surface area contributed by atoms with Gasteiger partial charge in [-0.2, -0.15) is 0 Å². The van der Waals surface area contributed by atoms with Gasteiger partial charge >= 0.3 is 0 Å². The van der Waals surface area contributed by atoms with Crippen LogP contribution in [0.25, 0.3) is 0 Å².